The highest BCUT2D eigenvalue weighted by Gasteiger charge is 2.25. The van der Waals surface area contributed by atoms with E-state index in [4.69, 9.17) is 4.74 Å². The molecule has 0 saturated carbocycles. The summed E-state index contributed by atoms with van der Waals surface area (Å²) < 4.78 is 8.22. The first-order valence-corrected chi connectivity index (χ1v) is 11.2. The molecule has 5 rings (SSSR count). The van der Waals surface area contributed by atoms with Gasteiger partial charge in [-0.1, -0.05) is 42.5 Å². The van der Waals surface area contributed by atoms with E-state index in [1.54, 1.807) is 7.11 Å². The third-order valence-electron chi connectivity index (χ3n) is 6.65. The van der Waals surface area contributed by atoms with Crippen LogP contribution in [0.3, 0.4) is 0 Å². The second-order valence-electron chi connectivity index (χ2n) is 8.48. The molecule has 3 heterocycles. The molecule has 2 unspecified atom stereocenters. The zero-order chi connectivity index (χ0) is 21.2. The Labute approximate surface area is 183 Å². The number of ether oxygens (including phenoxy) is 1. The first kappa shape index (κ1) is 19.8. The van der Waals surface area contributed by atoms with Crippen molar-refractivity contribution in [3.05, 3.63) is 73.2 Å². The van der Waals surface area contributed by atoms with Crippen molar-refractivity contribution in [3.8, 4) is 28.0 Å². The Morgan fingerprint density at radius 3 is 2.65 bits per heavy atom. The van der Waals surface area contributed by atoms with Crippen LogP contribution in [0, 0.1) is 5.92 Å². The molecule has 1 aliphatic rings. The molecule has 2 aromatic heterocycles. The van der Waals surface area contributed by atoms with E-state index in [1.165, 1.54) is 34.9 Å². The van der Waals surface area contributed by atoms with Crippen LogP contribution in [0.2, 0.25) is 0 Å². The number of aromatic nitrogens is 2. The number of methoxy groups -OCH3 is 1. The first-order chi connectivity index (χ1) is 15.3. The standard InChI is InChI=1S/C27H29N3O/c1-19(21-10-7-13-28-15-21)30-18-25(24-11-6-12-26(31-2)27(24)30)23-14-22(16-29-17-23)20-8-4-3-5-9-20/h3-6,8-9,11-12,14,16-19,21,28H,7,10,13,15H2,1-2H3. The summed E-state index contributed by atoms with van der Waals surface area (Å²) in [5.74, 6) is 1.53. The zero-order valence-corrected chi connectivity index (χ0v) is 18.2. The molecular weight excluding hydrogens is 382 g/mol. The van der Waals surface area contributed by atoms with Crippen LogP contribution in [-0.2, 0) is 0 Å². The van der Waals surface area contributed by atoms with Gasteiger partial charge in [-0.2, -0.15) is 0 Å². The van der Waals surface area contributed by atoms with Crippen molar-refractivity contribution in [1.29, 1.82) is 0 Å². The lowest BCUT2D eigenvalue weighted by Crippen LogP contribution is -2.34. The Balaban J connectivity index is 1.65. The summed E-state index contributed by atoms with van der Waals surface area (Å²) in [7, 11) is 1.76. The van der Waals surface area contributed by atoms with Crippen LogP contribution in [-0.4, -0.2) is 29.8 Å². The number of nitrogens with one attached hydrogen (secondary N) is 1. The maximum atomic E-state index is 5.80. The fraction of sp³-hybridized carbons (Fsp3) is 0.296. The third-order valence-corrected chi connectivity index (χ3v) is 6.65. The van der Waals surface area contributed by atoms with Gasteiger partial charge in [0.25, 0.3) is 0 Å². The number of piperidine rings is 1. The number of hydrogen-bond acceptors (Lipinski definition) is 3. The summed E-state index contributed by atoms with van der Waals surface area (Å²) in [6.07, 6.45) is 8.70. The predicted molar refractivity (Wildman–Crippen MR) is 127 cm³/mol. The molecule has 0 bridgehead atoms. The third kappa shape index (κ3) is 3.72. The smallest absolute Gasteiger partial charge is 0.143 e. The predicted octanol–water partition coefficient (Wildman–Crippen LogP) is 5.94. The van der Waals surface area contributed by atoms with Crippen LogP contribution in [0.25, 0.3) is 33.2 Å². The summed E-state index contributed by atoms with van der Waals surface area (Å²) in [4.78, 5) is 4.58. The molecule has 0 aliphatic carbocycles. The molecule has 0 spiro atoms. The lowest BCUT2D eigenvalue weighted by molar-refractivity contribution is 0.283. The topological polar surface area (TPSA) is 39.1 Å². The molecular formula is C27H29N3O. The summed E-state index contributed by atoms with van der Waals surface area (Å²) in [6, 6.07) is 19.4. The van der Waals surface area contributed by atoms with E-state index in [9.17, 15) is 0 Å². The van der Waals surface area contributed by atoms with Crippen LogP contribution in [0.15, 0.2) is 73.2 Å². The Bertz CT molecular complexity index is 1180. The van der Waals surface area contributed by atoms with Crippen molar-refractivity contribution >= 4 is 10.9 Å². The minimum atomic E-state index is 0.380. The molecule has 2 aromatic carbocycles. The van der Waals surface area contributed by atoms with E-state index >= 15 is 0 Å². The van der Waals surface area contributed by atoms with Crippen molar-refractivity contribution in [2.24, 2.45) is 5.92 Å². The molecule has 1 fully saturated rings. The first-order valence-electron chi connectivity index (χ1n) is 11.2. The SMILES string of the molecule is COc1cccc2c(-c3cncc(-c4ccccc4)c3)cn(C(C)C3CCCNC3)c12. The van der Waals surface area contributed by atoms with Gasteiger partial charge in [-0.05, 0) is 56.5 Å². The van der Waals surface area contributed by atoms with Crippen LogP contribution in [0.4, 0.5) is 0 Å². The Kier molecular flexibility index (Phi) is 5.47. The summed E-state index contributed by atoms with van der Waals surface area (Å²) in [5, 5.41) is 4.78. The Morgan fingerprint density at radius 1 is 1.03 bits per heavy atom. The van der Waals surface area contributed by atoms with Gasteiger partial charge in [0, 0.05) is 46.7 Å². The van der Waals surface area contributed by atoms with Crippen molar-refractivity contribution < 1.29 is 4.74 Å². The Hall–Kier alpha value is -3.11. The van der Waals surface area contributed by atoms with Crippen molar-refractivity contribution in [2.75, 3.05) is 20.2 Å². The minimum absolute atomic E-state index is 0.380. The highest BCUT2D eigenvalue weighted by molar-refractivity contribution is 5.99. The molecule has 4 nitrogen and oxygen atoms in total. The normalized spacial score (nSPS) is 17.5. The van der Waals surface area contributed by atoms with E-state index in [1.807, 2.05) is 18.5 Å². The van der Waals surface area contributed by atoms with Crippen molar-refractivity contribution in [3.63, 3.8) is 0 Å². The number of rotatable bonds is 5. The molecule has 0 amide bonds. The van der Waals surface area contributed by atoms with Gasteiger partial charge in [0.1, 0.15) is 5.75 Å². The largest absolute Gasteiger partial charge is 0.495 e. The lowest BCUT2D eigenvalue weighted by Gasteiger charge is -2.30. The molecule has 1 N–H and O–H groups in total. The maximum absolute atomic E-state index is 5.80. The highest BCUT2D eigenvalue weighted by atomic mass is 16.5. The van der Waals surface area contributed by atoms with Gasteiger partial charge in [-0.15, -0.1) is 0 Å². The number of hydrogen-bond donors (Lipinski definition) is 1. The fourth-order valence-corrected chi connectivity index (χ4v) is 4.89. The molecule has 4 heteroatoms. The molecule has 4 aromatic rings. The van der Waals surface area contributed by atoms with Crippen molar-refractivity contribution in [1.82, 2.24) is 14.9 Å². The van der Waals surface area contributed by atoms with E-state index in [-0.39, 0.29) is 0 Å². The summed E-state index contributed by atoms with van der Waals surface area (Å²) in [5.41, 5.74) is 5.82. The van der Waals surface area contributed by atoms with Gasteiger partial charge in [0.05, 0.1) is 12.6 Å². The molecule has 1 saturated heterocycles. The zero-order valence-electron chi connectivity index (χ0n) is 18.2. The minimum Gasteiger partial charge on any atom is -0.495 e. The maximum Gasteiger partial charge on any atom is 0.143 e. The number of nitrogens with zero attached hydrogens (tertiary/aromatic N) is 2. The number of pyridine rings is 1. The summed E-state index contributed by atoms with van der Waals surface area (Å²) in [6.45, 7) is 4.53. The molecule has 31 heavy (non-hydrogen) atoms. The van der Waals surface area contributed by atoms with E-state index in [0.29, 0.717) is 12.0 Å². The van der Waals surface area contributed by atoms with Gasteiger partial charge in [-0.3, -0.25) is 4.98 Å². The van der Waals surface area contributed by atoms with Crippen LogP contribution in [0.5, 0.6) is 5.75 Å². The average molecular weight is 412 g/mol. The molecule has 1 aliphatic heterocycles. The summed E-state index contributed by atoms with van der Waals surface area (Å²) >= 11 is 0. The van der Waals surface area contributed by atoms with Crippen LogP contribution < -0.4 is 10.1 Å². The number of fused-ring (bicyclic) bond motifs is 1. The number of benzene rings is 2. The fourth-order valence-electron chi connectivity index (χ4n) is 4.89. The Morgan fingerprint density at radius 2 is 1.87 bits per heavy atom. The second kappa shape index (κ2) is 8.56. The van der Waals surface area contributed by atoms with Crippen molar-refractivity contribution in [2.45, 2.75) is 25.8 Å². The van der Waals surface area contributed by atoms with Crippen LogP contribution in [0.1, 0.15) is 25.8 Å². The van der Waals surface area contributed by atoms with Gasteiger partial charge < -0.3 is 14.6 Å². The van der Waals surface area contributed by atoms with E-state index in [2.05, 4.69) is 76.5 Å². The average Bonchev–Trinajstić information content (AvgIpc) is 3.25. The molecule has 2 atom stereocenters. The van der Waals surface area contributed by atoms with E-state index < -0.39 is 0 Å². The lowest BCUT2D eigenvalue weighted by atomic mass is 9.92. The monoisotopic (exact) mass is 411 g/mol. The highest BCUT2D eigenvalue weighted by Crippen LogP contribution is 2.40. The molecule has 0 radical (unpaired) electrons. The molecule has 158 valence electrons. The van der Waals surface area contributed by atoms with Gasteiger partial charge in [-0.25, -0.2) is 0 Å². The second-order valence-corrected chi connectivity index (χ2v) is 8.48. The quantitative estimate of drug-likeness (QED) is 0.442. The van der Waals surface area contributed by atoms with Gasteiger partial charge >= 0.3 is 0 Å². The van der Waals surface area contributed by atoms with Gasteiger partial charge in [0.2, 0.25) is 0 Å². The number of para-hydroxylation sites is 1. The van der Waals surface area contributed by atoms with E-state index in [0.717, 1.165) is 30.0 Å². The van der Waals surface area contributed by atoms with Crippen LogP contribution >= 0.6 is 0 Å². The van der Waals surface area contributed by atoms with Gasteiger partial charge in [0.15, 0.2) is 0 Å².